The number of carbonyl (C=O) groups is 5. The predicted octanol–water partition coefficient (Wildman–Crippen LogP) is 1.16. The zero-order chi connectivity index (χ0) is 29.9. The maximum absolute atomic E-state index is 13.4. The Balaban J connectivity index is 1.21. The molecule has 4 fully saturated rings. The van der Waals surface area contributed by atoms with E-state index in [-0.39, 0.29) is 67.6 Å². The lowest BCUT2D eigenvalue weighted by Crippen LogP contribution is -2.62. The molecule has 4 aliphatic carbocycles. The van der Waals surface area contributed by atoms with Crippen LogP contribution in [0.25, 0.3) is 0 Å². The van der Waals surface area contributed by atoms with Gasteiger partial charge in [0.1, 0.15) is 11.6 Å². The van der Waals surface area contributed by atoms with Gasteiger partial charge in [0.05, 0.1) is 18.6 Å². The summed E-state index contributed by atoms with van der Waals surface area (Å²) in [5.74, 6) is -3.13. The lowest BCUT2D eigenvalue weighted by Gasteiger charge is -2.60. The number of amides is 1. The fourth-order valence-corrected chi connectivity index (χ4v) is 9.16. The van der Waals surface area contributed by atoms with Gasteiger partial charge in [-0.3, -0.25) is 19.2 Å². The van der Waals surface area contributed by atoms with Crippen molar-refractivity contribution in [3.8, 4) is 0 Å². The number of aliphatic hydroxyl groups excluding tert-OH is 2. The van der Waals surface area contributed by atoms with Crippen LogP contribution in [-0.4, -0.2) is 91.7 Å². The van der Waals surface area contributed by atoms with Gasteiger partial charge >= 0.3 is 11.9 Å². The molecule has 1 saturated heterocycles. The standard InChI is InChI=1S/C30H41NO10/c1-28-9-7-17(32)11-16(28)3-4-19-20-8-10-30(40,29(20,2)13-22(34)26(19)28)23(35)15-41-25(37)6-5-24(36)31-14-18(33)12-21(31)27(38)39/h11,18-22,26,33-34,40H,3-10,12-15H2,1-2H3,(H,38,39)/t18-,19+,20+,21-,22+,26-,28+,29+,30+/m1/s1. The van der Waals surface area contributed by atoms with E-state index in [0.717, 1.165) is 23.3 Å². The molecule has 0 aromatic heterocycles. The second kappa shape index (κ2) is 10.6. The van der Waals surface area contributed by atoms with Crippen molar-refractivity contribution >= 4 is 29.4 Å². The molecular formula is C30H41NO10. The third kappa shape index (κ3) is 4.83. The molecule has 4 N–H and O–H groups in total. The van der Waals surface area contributed by atoms with Crippen LogP contribution in [-0.2, 0) is 28.7 Å². The van der Waals surface area contributed by atoms with Crippen LogP contribution in [0.3, 0.4) is 0 Å². The van der Waals surface area contributed by atoms with Gasteiger partial charge in [-0.2, -0.15) is 0 Å². The number of esters is 1. The number of aliphatic carboxylic acids is 1. The van der Waals surface area contributed by atoms with E-state index >= 15 is 0 Å². The predicted molar refractivity (Wildman–Crippen MR) is 142 cm³/mol. The summed E-state index contributed by atoms with van der Waals surface area (Å²) in [6.07, 6.45) is 2.99. The van der Waals surface area contributed by atoms with E-state index in [9.17, 15) is 44.4 Å². The fourth-order valence-electron chi connectivity index (χ4n) is 9.16. The number of nitrogens with zero attached hydrogens (tertiary/aromatic N) is 1. The molecule has 0 aromatic rings. The zero-order valence-electron chi connectivity index (χ0n) is 23.7. The highest BCUT2D eigenvalue weighted by Gasteiger charge is 2.68. The highest BCUT2D eigenvalue weighted by atomic mass is 16.5. The van der Waals surface area contributed by atoms with Gasteiger partial charge in [-0.1, -0.05) is 19.4 Å². The quantitative estimate of drug-likeness (QED) is 0.322. The van der Waals surface area contributed by atoms with Crippen LogP contribution in [0.5, 0.6) is 0 Å². The molecule has 0 aromatic carbocycles. The monoisotopic (exact) mass is 575 g/mol. The van der Waals surface area contributed by atoms with Crippen LogP contribution in [0.2, 0.25) is 0 Å². The molecular weight excluding hydrogens is 534 g/mol. The summed E-state index contributed by atoms with van der Waals surface area (Å²) in [7, 11) is 0. The SMILES string of the molecule is C[C@]12CCC(=O)C=C1CC[C@@H]1[C@@H]2[C@@H](O)C[C@@]2(C)[C@H]1CC[C@]2(O)C(=O)COC(=O)CCC(=O)N1C[C@H](O)C[C@@H]1C(=O)O. The summed E-state index contributed by atoms with van der Waals surface area (Å²) < 4.78 is 5.16. The summed E-state index contributed by atoms with van der Waals surface area (Å²) in [6.45, 7) is 3.20. The van der Waals surface area contributed by atoms with Crippen molar-refractivity contribution in [3.05, 3.63) is 11.6 Å². The summed E-state index contributed by atoms with van der Waals surface area (Å²) in [4.78, 5) is 62.8. The number of fused-ring (bicyclic) bond motifs is 5. The molecule has 9 atom stereocenters. The van der Waals surface area contributed by atoms with Crippen molar-refractivity contribution < 1.29 is 49.1 Å². The molecule has 226 valence electrons. The minimum Gasteiger partial charge on any atom is -0.480 e. The molecule has 0 unspecified atom stereocenters. The Morgan fingerprint density at radius 3 is 2.51 bits per heavy atom. The molecule has 1 aliphatic heterocycles. The van der Waals surface area contributed by atoms with Crippen molar-refractivity contribution in [2.75, 3.05) is 13.2 Å². The third-order valence-electron chi connectivity index (χ3n) is 11.3. The van der Waals surface area contributed by atoms with Gasteiger partial charge in [-0.15, -0.1) is 0 Å². The number of β-amino-alcohol motifs (C(OH)–C–C–N with tert-alkyl or cyclic N) is 1. The molecule has 5 rings (SSSR count). The summed E-state index contributed by atoms with van der Waals surface area (Å²) in [6, 6.07) is -1.15. The van der Waals surface area contributed by atoms with Crippen LogP contribution in [0, 0.1) is 28.6 Å². The average Bonchev–Trinajstić information content (AvgIpc) is 3.43. The number of likely N-dealkylation sites (tertiary alicyclic amines) is 1. The second-order valence-corrected chi connectivity index (χ2v) is 13.3. The fraction of sp³-hybridized carbons (Fsp3) is 0.767. The van der Waals surface area contributed by atoms with Gasteiger partial charge < -0.3 is 30.1 Å². The number of carboxylic acids is 1. The number of ketones is 2. The van der Waals surface area contributed by atoms with Gasteiger partial charge in [-0.05, 0) is 67.8 Å². The minimum atomic E-state index is -1.78. The third-order valence-corrected chi connectivity index (χ3v) is 11.3. The number of carboxylic acid groups (broad SMARTS) is 1. The molecule has 0 bridgehead atoms. The molecule has 1 amide bonds. The first-order valence-electron chi connectivity index (χ1n) is 14.7. The first kappa shape index (κ1) is 29.8. The molecule has 11 heteroatoms. The van der Waals surface area contributed by atoms with Gasteiger partial charge in [0, 0.05) is 31.2 Å². The number of Topliss-reactive ketones (excluding diaryl/α,β-unsaturated/α-hetero) is 1. The van der Waals surface area contributed by atoms with E-state index in [1.807, 2.05) is 6.92 Å². The number of carbonyl (C=O) groups excluding carboxylic acids is 4. The van der Waals surface area contributed by atoms with Gasteiger partial charge in [0.15, 0.2) is 12.4 Å². The van der Waals surface area contributed by atoms with Gasteiger partial charge in [0.2, 0.25) is 11.7 Å². The van der Waals surface area contributed by atoms with E-state index < -0.39 is 59.5 Å². The van der Waals surface area contributed by atoms with Crippen molar-refractivity contribution in [3.63, 3.8) is 0 Å². The van der Waals surface area contributed by atoms with Gasteiger partial charge in [0.25, 0.3) is 0 Å². The van der Waals surface area contributed by atoms with Crippen LogP contribution >= 0.6 is 0 Å². The number of aliphatic hydroxyl groups is 3. The van der Waals surface area contributed by atoms with Gasteiger partial charge in [-0.25, -0.2) is 4.79 Å². The van der Waals surface area contributed by atoms with E-state index in [4.69, 9.17) is 4.74 Å². The number of hydrogen-bond acceptors (Lipinski definition) is 9. The summed E-state index contributed by atoms with van der Waals surface area (Å²) in [5, 5.41) is 42.3. The number of ether oxygens (including phenoxy) is 1. The molecule has 11 nitrogen and oxygen atoms in total. The highest BCUT2D eigenvalue weighted by Crippen LogP contribution is 2.67. The lowest BCUT2D eigenvalue weighted by atomic mass is 9.45. The Kier molecular flexibility index (Phi) is 7.70. The second-order valence-electron chi connectivity index (χ2n) is 13.3. The average molecular weight is 576 g/mol. The molecule has 0 radical (unpaired) electrons. The first-order chi connectivity index (χ1) is 19.2. The zero-order valence-corrected chi connectivity index (χ0v) is 23.7. The Labute approximate surface area is 238 Å². The highest BCUT2D eigenvalue weighted by molar-refractivity contribution is 5.92. The van der Waals surface area contributed by atoms with Crippen molar-refractivity contribution in [1.29, 1.82) is 0 Å². The molecule has 1 heterocycles. The lowest BCUT2D eigenvalue weighted by molar-refractivity contribution is -0.184. The Hall–Kier alpha value is -2.63. The van der Waals surface area contributed by atoms with Crippen LogP contribution < -0.4 is 0 Å². The minimum absolute atomic E-state index is 0.00725. The van der Waals surface area contributed by atoms with E-state index in [2.05, 4.69) is 6.92 Å². The topological polar surface area (TPSA) is 179 Å². The summed E-state index contributed by atoms with van der Waals surface area (Å²) in [5.41, 5.74) is -1.86. The number of hydrogen-bond donors (Lipinski definition) is 4. The molecule has 0 spiro atoms. The maximum atomic E-state index is 13.4. The largest absolute Gasteiger partial charge is 0.480 e. The van der Waals surface area contributed by atoms with Crippen LogP contribution in [0.15, 0.2) is 11.6 Å². The molecule has 3 saturated carbocycles. The van der Waals surface area contributed by atoms with Crippen molar-refractivity contribution in [2.45, 2.75) is 102 Å². The van der Waals surface area contributed by atoms with E-state index in [1.54, 1.807) is 6.08 Å². The Bertz CT molecular complexity index is 1180. The van der Waals surface area contributed by atoms with Crippen LogP contribution in [0.1, 0.15) is 78.1 Å². The van der Waals surface area contributed by atoms with Crippen molar-refractivity contribution in [1.82, 2.24) is 4.90 Å². The molecule has 5 aliphatic rings. The normalized spacial score (nSPS) is 41.6. The number of allylic oxidation sites excluding steroid dienone is 1. The van der Waals surface area contributed by atoms with Crippen molar-refractivity contribution in [2.24, 2.45) is 28.6 Å². The smallest absolute Gasteiger partial charge is 0.326 e. The summed E-state index contributed by atoms with van der Waals surface area (Å²) >= 11 is 0. The van der Waals surface area contributed by atoms with E-state index in [0.29, 0.717) is 19.3 Å². The maximum Gasteiger partial charge on any atom is 0.326 e. The Morgan fingerprint density at radius 1 is 1.07 bits per heavy atom. The number of rotatable bonds is 7. The Morgan fingerprint density at radius 2 is 1.80 bits per heavy atom. The first-order valence-corrected chi connectivity index (χ1v) is 14.7. The van der Waals surface area contributed by atoms with E-state index in [1.165, 1.54) is 0 Å². The van der Waals surface area contributed by atoms with Crippen LogP contribution in [0.4, 0.5) is 0 Å². The molecule has 41 heavy (non-hydrogen) atoms.